The van der Waals surface area contributed by atoms with Crippen molar-refractivity contribution in [3.63, 3.8) is 0 Å². The first-order valence-corrected chi connectivity index (χ1v) is 9.73. The minimum absolute atomic E-state index is 0.0840. The number of carbonyl (C=O) groups excluding carboxylic acids is 1. The van der Waals surface area contributed by atoms with Crippen molar-refractivity contribution >= 4 is 20.5 Å². The van der Waals surface area contributed by atoms with Crippen molar-refractivity contribution in [2.24, 2.45) is 4.99 Å². The van der Waals surface area contributed by atoms with Crippen LogP contribution >= 0.6 is 7.82 Å². The number of hydrogen-bond acceptors (Lipinski definition) is 5. The van der Waals surface area contributed by atoms with Crippen LogP contribution < -0.4 is 0 Å². The third-order valence-corrected chi connectivity index (χ3v) is 3.85. The number of carbonyl (C=O) groups is 1. The Hall–Kier alpha value is -0.750. The van der Waals surface area contributed by atoms with E-state index in [0.717, 1.165) is 19.3 Å². The highest BCUT2D eigenvalue weighted by Crippen LogP contribution is 2.35. The monoisotopic (exact) mass is 351 g/mol. The smallest absolute Gasteiger partial charge is 0.463 e. The molecule has 0 aliphatic heterocycles. The second kappa shape index (κ2) is 13.7. The number of esters is 1. The summed E-state index contributed by atoms with van der Waals surface area (Å²) in [5.41, 5.74) is 0. The molecule has 0 bridgehead atoms. The lowest BCUT2D eigenvalue weighted by Crippen LogP contribution is -2.21. The Balaban J connectivity index is 3.61. The van der Waals surface area contributed by atoms with Crippen LogP contribution in [0.5, 0.6) is 0 Å². The molecule has 0 saturated heterocycles. The van der Waals surface area contributed by atoms with E-state index >= 15 is 0 Å². The SMILES string of the molecule is C=N[C@H](COC(=O)CCCCCCCCCC)COP(=O)(O)O. The Labute approximate surface area is 138 Å². The molecule has 0 radical (unpaired) electrons. The van der Waals surface area contributed by atoms with Crippen LogP contribution in [0.25, 0.3) is 0 Å². The number of ether oxygens (including phenoxy) is 1. The molecule has 0 rings (SSSR count). The molecule has 23 heavy (non-hydrogen) atoms. The van der Waals surface area contributed by atoms with E-state index in [1.54, 1.807) is 0 Å². The minimum atomic E-state index is -4.54. The summed E-state index contributed by atoms with van der Waals surface area (Å²) in [5.74, 6) is -0.333. The molecule has 8 heteroatoms. The minimum Gasteiger partial charge on any atom is -0.463 e. The fourth-order valence-electron chi connectivity index (χ4n) is 2.00. The van der Waals surface area contributed by atoms with Crippen molar-refractivity contribution in [1.29, 1.82) is 0 Å². The Kier molecular flexibility index (Phi) is 13.2. The van der Waals surface area contributed by atoms with Crippen LogP contribution in [-0.4, -0.2) is 41.7 Å². The molecule has 0 heterocycles. The highest BCUT2D eigenvalue weighted by atomic mass is 31.2. The lowest BCUT2D eigenvalue weighted by Gasteiger charge is -2.13. The van der Waals surface area contributed by atoms with E-state index in [2.05, 4.69) is 23.2 Å². The van der Waals surface area contributed by atoms with Crippen LogP contribution in [0, 0.1) is 0 Å². The van der Waals surface area contributed by atoms with Gasteiger partial charge < -0.3 is 14.5 Å². The number of phosphoric ester groups is 1. The number of unbranched alkanes of at least 4 members (excludes halogenated alkanes) is 7. The molecule has 7 nitrogen and oxygen atoms in total. The van der Waals surface area contributed by atoms with Crippen molar-refractivity contribution in [1.82, 2.24) is 0 Å². The molecule has 1 atom stereocenters. The van der Waals surface area contributed by atoms with Crippen molar-refractivity contribution in [3.8, 4) is 0 Å². The van der Waals surface area contributed by atoms with Gasteiger partial charge in [-0.05, 0) is 13.1 Å². The van der Waals surface area contributed by atoms with Crippen LogP contribution in [0.4, 0.5) is 0 Å². The predicted octanol–water partition coefficient (Wildman–Crippen LogP) is 3.24. The van der Waals surface area contributed by atoms with Crippen molar-refractivity contribution in [2.75, 3.05) is 13.2 Å². The molecule has 136 valence electrons. The van der Waals surface area contributed by atoms with E-state index in [-0.39, 0.29) is 19.2 Å². The summed E-state index contributed by atoms with van der Waals surface area (Å²) in [7, 11) is -4.54. The van der Waals surface area contributed by atoms with Gasteiger partial charge in [0.25, 0.3) is 0 Å². The Morgan fingerprint density at radius 2 is 1.65 bits per heavy atom. The first-order valence-electron chi connectivity index (χ1n) is 8.20. The highest BCUT2D eigenvalue weighted by Gasteiger charge is 2.18. The Bertz CT molecular complexity index is 371. The average molecular weight is 351 g/mol. The zero-order valence-corrected chi connectivity index (χ0v) is 14.9. The lowest BCUT2D eigenvalue weighted by atomic mass is 10.1. The van der Waals surface area contributed by atoms with Gasteiger partial charge >= 0.3 is 13.8 Å². The molecule has 0 unspecified atom stereocenters. The second-order valence-corrected chi connectivity index (χ2v) is 6.77. The first kappa shape index (κ1) is 22.2. The molecule has 0 amide bonds. The zero-order valence-electron chi connectivity index (χ0n) is 14.0. The number of hydrogen-bond donors (Lipinski definition) is 2. The molecule has 0 saturated carbocycles. The maximum absolute atomic E-state index is 11.6. The summed E-state index contributed by atoms with van der Waals surface area (Å²) in [6, 6.07) is -0.676. The van der Waals surface area contributed by atoms with E-state index in [0.29, 0.717) is 6.42 Å². The van der Waals surface area contributed by atoms with Crippen LogP contribution in [0.2, 0.25) is 0 Å². The quantitative estimate of drug-likeness (QED) is 0.203. The molecule has 0 aromatic carbocycles. The first-order chi connectivity index (χ1) is 10.9. The molecule has 0 fully saturated rings. The van der Waals surface area contributed by atoms with Gasteiger partial charge in [0.2, 0.25) is 0 Å². The number of phosphoric acid groups is 1. The fourth-order valence-corrected chi connectivity index (χ4v) is 2.37. The molecular formula is C15H30NO6P. The molecule has 0 aliphatic carbocycles. The third-order valence-electron chi connectivity index (χ3n) is 3.36. The van der Waals surface area contributed by atoms with E-state index in [4.69, 9.17) is 14.5 Å². The van der Waals surface area contributed by atoms with Gasteiger partial charge in [0.1, 0.15) is 12.6 Å². The number of rotatable bonds is 15. The maximum atomic E-state index is 11.6. The second-order valence-electron chi connectivity index (χ2n) is 5.53. The third kappa shape index (κ3) is 15.9. The summed E-state index contributed by atoms with van der Waals surface area (Å²) < 4.78 is 19.9. The summed E-state index contributed by atoms with van der Waals surface area (Å²) >= 11 is 0. The van der Waals surface area contributed by atoms with Gasteiger partial charge in [0.15, 0.2) is 0 Å². The molecule has 2 N–H and O–H groups in total. The normalized spacial score (nSPS) is 12.8. The van der Waals surface area contributed by atoms with Gasteiger partial charge in [-0.1, -0.05) is 51.9 Å². The maximum Gasteiger partial charge on any atom is 0.469 e. The Morgan fingerprint density at radius 1 is 1.09 bits per heavy atom. The van der Waals surface area contributed by atoms with E-state index in [9.17, 15) is 9.36 Å². The van der Waals surface area contributed by atoms with Gasteiger partial charge in [-0.25, -0.2) is 4.57 Å². The summed E-state index contributed by atoms with van der Waals surface area (Å²) in [6.45, 7) is 5.05. The molecule has 0 aromatic rings. The van der Waals surface area contributed by atoms with Crippen molar-refractivity contribution in [3.05, 3.63) is 0 Å². The van der Waals surface area contributed by atoms with E-state index in [1.165, 1.54) is 32.1 Å². The molecular weight excluding hydrogens is 321 g/mol. The lowest BCUT2D eigenvalue weighted by molar-refractivity contribution is -0.144. The van der Waals surface area contributed by atoms with Crippen LogP contribution in [0.15, 0.2) is 4.99 Å². The van der Waals surface area contributed by atoms with Crippen LogP contribution in [-0.2, 0) is 18.6 Å². The highest BCUT2D eigenvalue weighted by molar-refractivity contribution is 7.46. The van der Waals surface area contributed by atoms with Crippen molar-refractivity contribution < 1.29 is 28.4 Å². The van der Waals surface area contributed by atoms with Crippen LogP contribution in [0.1, 0.15) is 64.7 Å². The van der Waals surface area contributed by atoms with Crippen LogP contribution in [0.3, 0.4) is 0 Å². The van der Waals surface area contributed by atoms with Gasteiger partial charge in [-0.15, -0.1) is 0 Å². The summed E-state index contributed by atoms with van der Waals surface area (Å²) in [6.07, 6.45) is 9.54. The van der Waals surface area contributed by atoms with E-state index in [1.807, 2.05) is 0 Å². The van der Waals surface area contributed by atoms with Gasteiger partial charge in [0.05, 0.1) is 6.61 Å². The zero-order chi connectivity index (χ0) is 17.6. The van der Waals surface area contributed by atoms with Gasteiger partial charge in [-0.3, -0.25) is 14.3 Å². The molecule has 0 spiro atoms. The fraction of sp³-hybridized carbons (Fsp3) is 0.867. The molecule has 0 aromatic heterocycles. The topological polar surface area (TPSA) is 105 Å². The number of aliphatic imine (C=N–C) groups is 1. The standard InChI is InChI=1S/C15H30NO6P/c1-3-4-5-6-7-8-9-10-11-15(17)21-12-14(16-2)13-22-23(18,19)20/h14H,2-13H2,1H3,(H2,18,19,20)/t14-/m1/s1. The van der Waals surface area contributed by atoms with Gasteiger partial charge in [-0.2, -0.15) is 0 Å². The van der Waals surface area contributed by atoms with E-state index < -0.39 is 13.9 Å². The Morgan fingerprint density at radius 3 is 2.17 bits per heavy atom. The van der Waals surface area contributed by atoms with Gasteiger partial charge in [0, 0.05) is 6.42 Å². The summed E-state index contributed by atoms with van der Waals surface area (Å²) in [5, 5.41) is 0. The van der Waals surface area contributed by atoms with Crippen molar-refractivity contribution in [2.45, 2.75) is 70.8 Å². The number of nitrogens with zero attached hydrogens (tertiary/aromatic N) is 1. The molecule has 0 aliphatic rings. The largest absolute Gasteiger partial charge is 0.469 e. The summed E-state index contributed by atoms with van der Waals surface area (Å²) in [4.78, 5) is 32.4. The average Bonchev–Trinajstić information content (AvgIpc) is 2.49. The predicted molar refractivity (Wildman–Crippen MR) is 89.5 cm³/mol.